The van der Waals surface area contributed by atoms with E-state index >= 15 is 0 Å². The molecule has 0 unspecified atom stereocenters. The fourth-order valence-electron chi connectivity index (χ4n) is 2.31. The second-order valence-corrected chi connectivity index (χ2v) is 4.96. The van der Waals surface area contributed by atoms with Crippen LogP contribution in [0.1, 0.15) is 32.6 Å². The van der Waals surface area contributed by atoms with Crippen molar-refractivity contribution in [2.24, 2.45) is 5.92 Å². The second-order valence-electron chi connectivity index (χ2n) is 4.96. The number of rotatable bonds is 7. The summed E-state index contributed by atoms with van der Waals surface area (Å²) in [6.07, 6.45) is 4.76. The van der Waals surface area contributed by atoms with Crippen LogP contribution in [0.15, 0.2) is 0 Å². The van der Waals surface area contributed by atoms with Gasteiger partial charge < -0.3 is 10.6 Å². The minimum Gasteiger partial charge on any atom is -0.355 e. The summed E-state index contributed by atoms with van der Waals surface area (Å²) in [5.74, 6) is 1.03. The number of carbonyl (C=O) groups excluding carboxylic acids is 1. The summed E-state index contributed by atoms with van der Waals surface area (Å²) < 4.78 is 0. The van der Waals surface area contributed by atoms with Gasteiger partial charge in [-0.05, 0) is 58.3 Å². The van der Waals surface area contributed by atoms with E-state index in [1.54, 1.807) is 0 Å². The number of nitrogens with zero attached hydrogens (tertiary/aromatic N) is 1. The first kappa shape index (κ1) is 17.7. The van der Waals surface area contributed by atoms with Gasteiger partial charge in [-0.1, -0.05) is 6.92 Å². The highest BCUT2D eigenvalue weighted by Crippen LogP contribution is 2.19. The molecule has 1 aliphatic rings. The highest BCUT2D eigenvalue weighted by molar-refractivity contribution is 5.85. The Morgan fingerprint density at radius 2 is 1.94 bits per heavy atom. The van der Waals surface area contributed by atoms with Crippen molar-refractivity contribution in [3.8, 4) is 0 Å². The zero-order valence-electron chi connectivity index (χ0n) is 11.7. The van der Waals surface area contributed by atoms with E-state index < -0.39 is 0 Å². The molecule has 0 aromatic carbocycles. The molecule has 0 atom stereocenters. The van der Waals surface area contributed by atoms with Gasteiger partial charge in [0.1, 0.15) is 0 Å². The molecular formula is C13H28ClN3O. The lowest BCUT2D eigenvalue weighted by Crippen LogP contribution is -2.41. The molecule has 0 aliphatic carbocycles. The third kappa shape index (κ3) is 7.19. The van der Waals surface area contributed by atoms with Gasteiger partial charge in [-0.2, -0.15) is 0 Å². The topological polar surface area (TPSA) is 44.4 Å². The molecule has 5 heteroatoms. The van der Waals surface area contributed by atoms with Crippen LogP contribution >= 0.6 is 12.4 Å². The van der Waals surface area contributed by atoms with Crippen molar-refractivity contribution < 1.29 is 4.79 Å². The molecule has 1 saturated heterocycles. The van der Waals surface area contributed by atoms with E-state index in [1.165, 1.54) is 19.3 Å². The minimum atomic E-state index is 0. The number of hydrogen-bond donors (Lipinski definition) is 2. The first-order valence-corrected chi connectivity index (χ1v) is 6.90. The lowest BCUT2D eigenvalue weighted by molar-refractivity contribution is -0.122. The van der Waals surface area contributed by atoms with Crippen molar-refractivity contribution in [2.45, 2.75) is 32.6 Å². The lowest BCUT2D eigenvalue weighted by Gasteiger charge is -2.31. The van der Waals surface area contributed by atoms with E-state index in [0.29, 0.717) is 6.54 Å². The van der Waals surface area contributed by atoms with E-state index in [4.69, 9.17) is 0 Å². The zero-order valence-corrected chi connectivity index (χ0v) is 12.5. The Morgan fingerprint density at radius 3 is 2.50 bits per heavy atom. The molecule has 1 aliphatic heterocycles. The molecule has 0 aromatic heterocycles. The monoisotopic (exact) mass is 277 g/mol. The number of piperidine rings is 1. The van der Waals surface area contributed by atoms with E-state index in [-0.39, 0.29) is 18.3 Å². The van der Waals surface area contributed by atoms with Crippen LogP contribution in [-0.4, -0.2) is 50.6 Å². The Balaban J connectivity index is 0.00000289. The number of halogens is 1. The maximum Gasteiger partial charge on any atom is 0.234 e. The molecule has 1 fully saturated rings. The van der Waals surface area contributed by atoms with Gasteiger partial charge in [0.2, 0.25) is 5.91 Å². The van der Waals surface area contributed by atoms with E-state index in [2.05, 4.69) is 22.5 Å². The molecule has 1 rings (SSSR count). The highest BCUT2D eigenvalue weighted by atomic mass is 35.5. The summed E-state index contributed by atoms with van der Waals surface area (Å²) >= 11 is 0. The summed E-state index contributed by atoms with van der Waals surface area (Å²) in [5.41, 5.74) is 0. The van der Waals surface area contributed by atoms with Crippen LogP contribution in [0.5, 0.6) is 0 Å². The van der Waals surface area contributed by atoms with Gasteiger partial charge in [0.25, 0.3) is 0 Å². The molecule has 0 aromatic rings. The van der Waals surface area contributed by atoms with Crippen LogP contribution in [0.4, 0.5) is 0 Å². The molecule has 1 heterocycles. The third-order valence-corrected chi connectivity index (χ3v) is 3.45. The van der Waals surface area contributed by atoms with Gasteiger partial charge in [0, 0.05) is 6.54 Å². The molecule has 108 valence electrons. The molecule has 0 radical (unpaired) electrons. The van der Waals surface area contributed by atoms with Crippen molar-refractivity contribution in [2.75, 3.05) is 39.8 Å². The largest absolute Gasteiger partial charge is 0.355 e. The van der Waals surface area contributed by atoms with Crippen molar-refractivity contribution in [3.05, 3.63) is 0 Å². The van der Waals surface area contributed by atoms with Crippen molar-refractivity contribution >= 4 is 18.3 Å². The summed E-state index contributed by atoms with van der Waals surface area (Å²) in [6, 6.07) is 0. The maximum atomic E-state index is 11.6. The molecule has 18 heavy (non-hydrogen) atoms. The minimum absolute atomic E-state index is 0. The molecule has 2 N–H and O–H groups in total. The van der Waals surface area contributed by atoms with Crippen LogP contribution in [0.2, 0.25) is 0 Å². The number of likely N-dealkylation sites (tertiary alicyclic amines) is 1. The molecule has 0 bridgehead atoms. The van der Waals surface area contributed by atoms with Crippen molar-refractivity contribution in [3.63, 3.8) is 0 Å². The average Bonchev–Trinajstić information content (AvgIpc) is 2.35. The Labute approximate surface area is 117 Å². The maximum absolute atomic E-state index is 11.6. The second kappa shape index (κ2) is 10.6. The molecule has 4 nitrogen and oxygen atoms in total. The van der Waals surface area contributed by atoms with E-state index in [0.717, 1.165) is 38.5 Å². The Hall–Kier alpha value is -0.320. The Kier molecular flexibility index (Phi) is 10.4. The van der Waals surface area contributed by atoms with Gasteiger partial charge >= 0.3 is 0 Å². The van der Waals surface area contributed by atoms with Crippen LogP contribution in [0, 0.1) is 5.92 Å². The van der Waals surface area contributed by atoms with E-state index in [1.807, 2.05) is 7.05 Å². The normalized spacial score (nSPS) is 17.2. The summed E-state index contributed by atoms with van der Waals surface area (Å²) in [4.78, 5) is 13.8. The Morgan fingerprint density at radius 1 is 1.28 bits per heavy atom. The average molecular weight is 278 g/mol. The quantitative estimate of drug-likeness (QED) is 0.736. The molecule has 0 saturated carbocycles. The third-order valence-electron chi connectivity index (χ3n) is 3.45. The SMILES string of the molecule is CCCNC(=O)CN1CCC(CCNC)CC1.Cl. The summed E-state index contributed by atoms with van der Waals surface area (Å²) in [7, 11) is 2.01. The summed E-state index contributed by atoms with van der Waals surface area (Å²) in [5, 5.41) is 6.14. The predicted octanol–water partition coefficient (Wildman–Crippen LogP) is 1.26. The number of carbonyl (C=O) groups is 1. The van der Waals surface area contributed by atoms with Crippen molar-refractivity contribution in [1.29, 1.82) is 0 Å². The highest BCUT2D eigenvalue weighted by Gasteiger charge is 2.20. The fraction of sp³-hybridized carbons (Fsp3) is 0.923. The van der Waals surface area contributed by atoms with Crippen LogP contribution in [-0.2, 0) is 4.79 Å². The Bertz CT molecular complexity index is 218. The molecule has 1 amide bonds. The first-order valence-electron chi connectivity index (χ1n) is 6.90. The van der Waals surface area contributed by atoms with Gasteiger partial charge in [-0.15, -0.1) is 12.4 Å². The van der Waals surface area contributed by atoms with Gasteiger partial charge in [0.05, 0.1) is 6.54 Å². The first-order chi connectivity index (χ1) is 8.26. The van der Waals surface area contributed by atoms with Crippen LogP contribution in [0.25, 0.3) is 0 Å². The zero-order chi connectivity index (χ0) is 12.5. The van der Waals surface area contributed by atoms with Crippen LogP contribution < -0.4 is 10.6 Å². The number of nitrogens with one attached hydrogen (secondary N) is 2. The molecular weight excluding hydrogens is 250 g/mol. The molecule has 0 spiro atoms. The fourth-order valence-corrected chi connectivity index (χ4v) is 2.31. The lowest BCUT2D eigenvalue weighted by atomic mass is 9.93. The van der Waals surface area contributed by atoms with Crippen LogP contribution in [0.3, 0.4) is 0 Å². The number of hydrogen-bond acceptors (Lipinski definition) is 3. The summed E-state index contributed by atoms with van der Waals surface area (Å²) in [6.45, 7) is 6.73. The van der Waals surface area contributed by atoms with Gasteiger partial charge in [-0.25, -0.2) is 0 Å². The van der Waals surface area contributed by atoms with Gasteiger partial charge in [0.15, 0.2) is 0 Å². The van der Waals surface area contributed by atoms with Gasteiger partial charge in [-0.3, -0.25) is 9.69 Å². The predicted molar refractivity (Wildman–Crippen MR) is 78.3 cm³/mol. The van der Waals surface area contributed by atoms with Crippen molar-refractivity contribution in [1.82, 2.24) is 15.5 Å². The smallest absolute Gasteiger partial charge is 0.234 e. The number of amides is 1. The standard InChI is InChI=1S/C13H27N3O.ClH/c1-3-7-15-13(17)11-16-9-5-12(6-10-16)4-8-14-2;/h12,14H,3-11H2,1-2H3,(H,15,17);1H. The van der Waals surface area contributed by atoms with E-state index in [9.17, 15) is 4.79 Å².